The molecular formula is C9H12ClN3O2. The Balaban J connectivity index is 2.28. The summed E-state index contributed by atoms with van der Waals surface area (Å²) in [6.45, 7) is 1.40. The van der Waals surface area contributed by atoms with Gasteiger partial charge in [-0.05, 0) is 6.42 Å². The highest BCUT2D eigenvalue weighted by atomic mass is 35.5. The van der Waals surface area contributed by atoms with Gasteiger partial charge in [0.05, 0.1) is 19.0 Å². The molecular weight excluding hydrogens is 218 g/mol. The number of hydrogen-bond donors (Lipinski definition) is 1. The molecule has 1 aliphatic heterocycles. The number of aromatic nitrogens is 2. The van der Waals surface area contributed by atoms with Gasteiger partial charge in [0.1, 0.15) is 5.02 Å². The lowest BCUT2D eigenvalue weighted by Gasteiger charge is -2.24. The third kappa shape index (κ3) is 1.98. The Hall–Kier alpha value is -1.07. The Morgan fingerprint density at radius 1 is 1.73 bits per heavy atom. The number of nitrogens with zero attached hydrogens (tertiary/aromatic N) is 2. The minimum absolute atomic E-state index is 0.131. The number of aromatic amines is 1. The molecule has 0 aliphatic carbocycles. The van der Waals surface area contributed by atoms with Gasteiger partial charge in [-0.1, -0.05) is 11.6 Å². The van der Waals surface area contributed by atoms with Crippen molar-refractivity contribution in [2.45, 2.75) is 12.5 Å². The van der Waals surface area contributed by atoms with Crippen LogP contribution in [0, 0.1) is 0 Å². The van der Waals surface area contributed by atoms with Gasteiger partial charge < -0.3 is 14.6 Å². The van der Waals surface area contributed by atoms with Gasteiger partial charge in [0, 0.05) is 13.7 Å². The Labute approximate surface area is 92.0 Å². The summed E-state index contributed by atoms with van der Waals surface area (Å²) in [7, 11) is 1.87. The minimum Gasteiger partial charge on any atom is -0.379 e. The maximum Gasteiger partial charge on any atom is 0.271 e. The lowest BCUT2D eigenvalue weighted by Crippen LogP contribution is -2.33. The van der Waals surface area contributed by atoms with E-state index in [-0.39, 0.29) is 16.6 Å². The Morgan fingerprint density at radius 2 is 2.53 bits per heavy atom. The molecule has 15 heavy (non-hydrogen) atoms. The van der Waals surface area contributed by atoms with Crippen molar-refractivity contribution in [2.75, 3.05) is 25.2 Å². The molecule has 82 valence electrons. The molecule has 6 heteroatoms. The lowest BCUT2D eigenvalue weighted by atomic mass is 10.2. The van der Waals surface area contributed by atoms with Crippen LogP contribution in [0.15, 0.2) is 11.1 Å². The van der Waals surface area contributed by atoms with Gasteiger partial charge in [-0.15, -0.1) is 0 Å². The molecule has 0 amide bonds. The van der Waals surface area contributed by atoms with E-state index in [1.165, 1.54) is 6.33 Å². The fraction of sp³-hybridized carbons (Fsp3) is 0.556. The molecule has 2 heterocycles. The van der Waals surface area contributed by atoms with Crippen LogP contribution in [0.25, 0.3) is 0 Å². The number of rotatable bonds is 2. The topological polar surface area (TPSA) is 58.2 Å². The van der Waals surface area contributed by atoms with Crippen LogP contribution in [0.4, 0.5) is 5.82 Å². The molecule has 0 bridgehead atoms. The molecule has 1 fully saturated rings. The Kier molecular flexibility index (Phi) is 2.93. The minimum atomic E-state index is -0.313. The summed E-state index contributed by atoms with van der Waals surface area (Å²) in [5.74, 6) is 0.510. The first kappa shape index (κ1) is 10.4. The van der Waals surface area contributed by atoms with Crippen LogP contribution in [0.2, 0.25) is 5.02 Å². The average molecular weight is 230 g/mol. The van der Waals surface area contributed by atoms with Crippen molar-refractivity contribution in [3.05, 3.63) is 21.7 Å². The zero-order valence-electron chi connectivity index (χ0n) is 8.36. The first-order valence-electron chi connectivity index (χ1n) is 4.74. The smallest absolute Gasteiger partial charge is 0.271 e. The molecule has 0 aromatic carbocycles. The van der Waals surface area contributed by atoms with Crippen molar-refractivity contribution >= 4 is 17.4 Å². The van der Waals surface area contributed by atoms with Crippen molar-refractivity contribution in [1.82, 2.24) is 9.97 Å². The van der Waals surface area contributed by atoms with Crippen LogP contribution in [-0.2, 0) is 4.74 Å². The van der Waals surface area contributed by atoms with Crippen LogP contribution in [0.5, 0.6) is 0 Å². The number of nitrogens with one attached hydrogen (secondary N) is 1. The van der Waals surface area contributed by atoms with Crippen molar-refractivity contribution in [2.24, 2.45) is 0 Å². The third-order valence-corrected chi connectivity index (χ3v) is 2.91. The predicted octanol–water partition coefficient (Wildman–Crippen LogP) is 0.648. The summed E-state index contributed by atoms with van der Waals surface area (Å²) in [6, 6.07) is 0.247. The highest BCUT2D eigenvalue weighted by Crippen LogP contribution is 2.22. The van der Waals surface area contributed by atoms with E-state index in [9.17, 15) is 4.79 Å². The second-order valence-electron chi connectivity index (χ2n) is 3.50. The molecule has 0 spiro atoms. The largest absolute Gasteiger partial charge is 0.379 e. The zero-order chi connectivity index (χ0) is 10.8. The molecule has 1 aliphatic rings. The maximum absolute atomic E-state index is 11.3. The average Bonchev–Trinajstić information content (AvgIpc) is 2.74. The van der Waals surface area contributed by atoms with Crippen molar-refractivity contribution in [3.63, 3.8) is 0 Å². The second kappa shape index (κ2) is 4.20. The summed E-state index contributed by atoms with van der Waals surface area (Å²) >= 11 is 5.88. The third-order valence-electron chi connectivity index (χ3n) is 2.57. The van der Waals surface area contributed by atoms with Gasteiger partial charge in [-0.3, -0.25) is 4.79 Å². The van der Waals surface area contributed by atoms with Gasteiger partial charge >= 0.3 is 0 Å². The number of ether oxygens (including phenoxy) is 1. The van der Waals surface area contributed by atoms with Gasteiger partial charge in [0.2, 0.25) is 0 Å². The molecule has 2 rings (SSSR count). The Bertz CT molecular complexity index is 401. The van der Waals surface area contributed by atoms with E-state index in [1.807, 2.05) is 11.9 Å². The van der Waals surface area contributed by atoms with Crippen molar-refractivity contribution in [3.8, 4) is 0 Å². The van der Waals surface area contributed by atoms with E-state index in [1.54, 1.807) is 0 Å². The van der Waals surface area contributed by atoms with Gasteiger partial charge in [-0.2, -0.15) is 0 Å². The number of halogens is 1. The molecule has 0 radical (unpaired) electrons. The summed E-state index contributed by atoms with van der Waals surface area (Å²) in [5.41, 5.74) is -0.313. The first-order valence-corrected chi connectivity index (χ1v) is 5.11. The highest BCUT2D eigenvalue weighted by molar-refractivity contribution is 6.32. The van der Waals surface area contributed by atoms with E-state index < -0.39 is 0 Å². The molecule has 1 N–H and O–H groups in total. The standard InChI is InChI=1S/C9H12ClN3O2/c1-13(6-2-3-15-4-6)8-7(10)9(14)12-5-11-8/h5-6H,2-4H2,1H3,(H,11,12,14). The van der Waals surface area contributed by atoms with E-state index in [2.05, 4.69) is 9.97 Å². The SMILES string of the molecule is CN(c1nc[nH]c(=O)c1Cl)C1CCOC1. The first-order chi connectivity index (χ1) is 7.20. The second-order valence-corrected chi connectivity index (χ2v) is 3.88. The number of H-pyrrole nitrogens is 1. The van der Waals surface area contributed by atoms with Crippen LogP contribution in [0.3, 0.4) is 0 Å². The van der Waals surface area contributed by atoms with Gasteiger partial charge in [0.25, 0.3) is 5.56 Å². The van der Waals surface area contributed by atoms with E-state index >= 15 is 0 Å². The van der Waals surface area contributed by atoms with E-state index in [0.29, 0.717) is 12.4 Å². The summed E-state index contributed by atoms with van der Waals surface area (Å²) < 4.78 is 5.27. The zero-order valence-corrected chi connectivity index (χ0v) is 9.12. The number of hydrogen-bond acceptors (Lipinski definition) is 4. The van der Waals surface area contributed by atoms with Gasteiger partial charge in [-0.25, -0.2) is 4.98 Å². The summed E-state index contributed by atoms with van der Waals surface area (Å²) in [5, 5.41) is 0.131. The Morgan fingerprint density at radius 3 is 3.20 bits per heavy atom. The van der Waals surface area contributed by atoms with Crippen LogP contribution in [-0.4, -0.2) is 36.3 Å². The molecule has 1 atom stereocenters. The van der Waals surface area contributed by atoms with Crippen LogP contribution >= 0.6 is 11.6 Å². The van der Waals surface area contributed by atoms with Crippen molar-refractivity contribution in [1.29, 1.82) is 0 Å². The summed E-state index contributed by atoms with van der Waals surface area (Å²) in [4.78, 5) is 19.7. The van der Waals surface area contributed by atoms with E-state index in [4.69, 9.17) is 16.3 Å². The van der Waals surface area contributed by atoms with Crippen molar-refractivity contribution < 1.29 is 4.74 Å². The van der Waals surface area contributed by atoms with Crippen LogP contribution in [0.1, 0.15) is 6.42 Å². The van der Waals surface area contributed by atoms with E-state index in [0.717, 1.165) is 13.0 Å². The normalized spacial score (nSPS) is 20.5. The molecule has 1 aromatic rings. The maximum atomic E-state index is 11.3. The predicted molar refractivity (Wildman–Crippen MR) is 57.5 cm³/mol. The molecule has 1 saturated heterocycles. The highest BCUT2D eigenvalue weighted by Gasteiger charge is 2.23. The lowest BCUT2D eigenvalue weighted by molar-refractivity contribution is 0.193. The number of anilines is 1. The fourth-order valence-corrected chi connectivity index (χ4v) is 1.86. The fourth-order valence-electron chi connectivity index (χ4n) is 1.62. The molecule has 1 aromatic heterocycles. The van der Waals surface area contributed by atoms with Gasteiger partial charge in [0.15, 0.2) is 5.82 Å². The summed E-state index contributed by atoms with van der Waals surface area (Å²) in [6.07, 6.45) is 2.29. The van der Waals surface area contributed by atoms with Crippen LogP contribution < -0.4 is 10.5 Å². The molecule has 1 unspecified atom stereocenters. The molecule has 5 nitrogen and oxygen atoms in total. The number of likely N-dealkylation sites (N-methyl/N-ethyl adjacent to an activating group) is 1. The quantitative estimate of drug-likeness (QED) is 0.809. The monoisotopic (exact) mass is 229 g/mol. The molecule has 0 saturated carbocycles.